The van der Waals surface area contributed by atoms with Gasteiger partial charge in [0.1, 0.15) is 37.1 Å². The molecule has 0 radical (unpaired) electrons. The molecule has 0 bridgehead atoms. The predicted molar refractivity (Wildman–Crippen MR) is 171 cm³/mol. The normalized spacial score (nSPS) is 23.7. The zero-order valence-corrected chi connectivity index (χ0v) is 27.1. The van der Waals surface area contributed by atoms with Crippen molar-refractivity contribution in [1.82, 2.24) is 25.6 Å². The molecule has 5 atom stereocenters. The quantitative estimate of drug-likeness (QED) is 0.311. The average Bonchev–Trinajstić information content (AvgIpc) is 3.41. The molecule has 4 rings (SSSR count). The van der Waals surface area contributed by atoms with Crippen LogP contribution in [0.3, 0.4) is 0 Å². The van der Waals surface area contributed by atoms with E-state index in [0.29, 0.717) is 45.1 Å². The summed E-state index contributed by atoms with van der Waals surface area (Å²) in [5, 5.41) is 9.75. The third-order valence-electron chi connectivity index (χ3n) is 9.35. The van der Waals surface area contributed by atoms with E-state index in [1.54, 1.807) is 22.9 Å². The van der Waals surface area contributed by atoms with Crippen LogP contribution in [0.4, 0.5) is 0 Å². The largest absolute Gasteiger partial charge is 0.417 e. The molecule has 4 amide bonds. The smallest absolute Gasteiger partial charge is 0.245 e. The molecule has 1 aromatic heterocycles. The molecular formula is C34H49N5O6. The first-order valence-corrected chi connectivity index (χ1v) is 16.5. The molecule has 1 aromatic carbocycles. The summed E-state index contributed by atoms with van der Waals surface area (Å²) in [6.07, 6.45) is 8.10. The Morgan fingerprint density at radius 2 is 1.71 bits per heavy atom. The van der Waals surface area contributed by atoms with Gasteiger partial charge in [-0.3, -0.25) is 24.0 Å². The lowest BCUT2D eigenvalue weighted by Crippen LogP contribution is -2.64. The molecule has 3 unspecified atom stereocenters. The summed E-state index contributed by atoms with van der Waals surface area (Å²) >= 11 is 0. The van der Waals surface area contributed by atoms with Gasteiger partial charge >= 0.3 is 0 Å². The van der Waals surface area contributed by atoms with E-state index < -0.39 is 36.0 Å². The Morgan fingerprint density at radius 3 is 2.44 bits per heavy atom. The van der Waals surface area contributed by atoms with E-state index >= 15 is 0 Å². The van der Waals surface area contributed by atoms with Crippen LogP contribution in [0.15, 0.2) is 30.5 Å². The molecule has 0 saturated carbocycles. The number of para-hydroxylation sites is 1. The van der Waals surface area contributed by atoms with Crippen molar-refractivity contribution in [2.45, 2.75) is 116 Å². The van der Waals surface area contributed by atoms with E-state index in [-0.39, 0.29) is 29.9 Å². The lowest BCUT2D eigenvalue weighted by atomic mass is 9.94. The lowest BCUT2D eigenvalue weighted by Gasteiger charge is -2.39. The van der Waals surface area contributed by atoms with Crippen molar-refractivity contribution in [3.8, 4) is 0 Å². The van der Waals surface area contributed by atoms with Crippen molar-refractivity contribution in [2.75, 3.05) is 13.7 Å². The number of nitrogens with zero attached hydrogens (tertiary/aromatic N) is 2. The average molecular weight is 624 g/mol. The van der Waals surface area contributed by atoms with Crippen LogP contribution in [0.1, 0.15) is 90.5 Å². The molecule has 11 heteroatoms. The molecule has 246 valence electrons. The number of amides is 4. The zero-order valence-electron chi connectivity index (χ0n) is 27.1. The molecular weight excluding hydrogens is 574 g/mol. The lowest BCUT2D eigenvalue weighted by molar-refractivity contribution is -0.147. The van der Waals surface area contributed by atoms with Gasteiger partial charge in [0, 0.05) is 37.4 Å². The first-order chi connectivity index (χ1) is 21.7. The summed E-state index contributed by atoms with van der Waals surface area (Å²) in [6.45, 7) is 6.10. The molecule has 0 spiro atoms. The Morgan fingerprint density at radius 1 is 0.956 bits per heavy atom. The maximum absolute atomic E-state index is 14.1. The Hall–Kier alpha value is -3.89. The fourth-order valence-electron chi connectivity index (χ4n) is 6.40. The minimum atomic E-state index is -1.01. The van der Waals surface area contributed by atoms with Gasteiger partial charge in [0.25, 0.3) is 0 Å². The van der Waals surface area contributed by atoms with Gasteiger partial charge < -0.3 is 25.7 Å². The van der Waals surface area contributed by atoms with Crippen molar-refractivity contribution in [2.24, 2.45) is 5.92 Å². The second-order valence-corrected chi connectivity index (χ2v) is 12.4. The molecule has 11 nitrogen and oxygen atoms in total. The minimum absolute atomic E-state index is 0.155. The highest BCUT2D eigenvalue weighted by Gasteiger charge is 2.40. The molecule has 3 heterocycles. The zero-order chi connectivity index (χ0) is 32.5. The van der Waals surface area contributed by atoms with Gasteiger partial charge in [-0.15, -0.1) is 0 Å². The Bertz CT molecular complexity index is 1370. The molecule has 2 aliphatic heterocycles. The first-order valence-electron chi connectivity index (χ1n) is 16.5. The highest BCUT2D eigenvalue weighted by atomic mass is 16.6. The maximum atomic E-state index is 14.1. The van der Waals surface area contributed by atoms with E-state index in [1.807, 2.05) is 45.0 Å². The standard InChI is InChI=1S/C34H49N5O6/c1-5-22(3)30-33(43)36-27(20-23-21-39(45-4)28-17-11-10-15-25(23)28)31(41)35-26(16-9-7-8-14-24(40)6-2)34(44)38-19-13-12-18-29(38)32(42)37-30/h10-11,15,17,21-22,26-27,29-30H,5-9,12-14,16,18-20H2,1-4H3,(H,35,41)(H,36,43)(H,37,42)/t22?,26-,27?,29-,30?/m0/s1. The predicted octanol–water partition coefficient (Wildman–Crippen LogP) is 3.07. The van der Waals surface area contributed by atoms with Gasteiger partial charge in [0.2, 0.25) is 23.6 Å². The number of benzene rings is 1. The Kier molecular flexibility index (Phi) is 12.0. The number of hydrogen-bond acceptors (Lipinski definition) is 6. The van der Waals surface area contributed by atoms with E-state index in [4.69, 9.17) is 4.84 Å². The van der Waals surface area contributed by atoms with E-state index in [9.17, 15) is 24.0 Å². The second kappa shape index (κ2) is 15.9. The van der Waals surface area contributed by atoms with Gasteiger partial charge in [-0.2, -0.15) is 4.73 Å². The number of aromatic nitrogens is 1. The summed E-state index contributed by atoms with van der Waals surface area (Å²) in [5.74, 6) is -1.51. The van der Waals surface area contributed by atoms with Gasteiger partial charge in [-0.25, -0.2) is 0 Å². The molecule has 45 heavy (non-hydrogen) atoms. The van der Waals surface area contributed by atoms with Crippen LogP contribution >= 0.6 is 0 Å². The van der Waals surface area contributed by atoms with Gasteiger partial charge in [0.05, 0.1) is 5.52 Å². The third kappa shape index (κ3) is 8.23. The fraction of sp³-hybridized carbons (Fsp3) is 0.618. The van der Waals surface area contributed by atoms with E-state index in [2.05, 4.69) is 16.0 Å². The molecule has 2 aliphatic rings. The van der Waals surface area contributed by atoms with E-state index in [1.165, 1.54) is 0 Å². The summed E-state index contributed by atoms with van der Waals surface area (Å²) in [6, 6.07) is 4.20. The number of hydrogen-bond donors (Lipinski definition) is 3. The van der Waals surface area contributed by atoms with Crippen molar-refractivity contribution in [3.63, 3.8) is 0 Å². The minimum Gasteiger partial charge on any atom is -0.417 e. The van der Waals surface area contributed by atoms with Crippen molar-refractivity contribution < 1.29 is 28.8 Å². The van der Waals surface area contributed by atoms with Crippen LogP contribution < -0.4 is 20.8 Å². The molecule has 3 N–H and O–H groups in total. The van der Waals surface area contributed by atoms with Crippen LogP contribution in [0.5, 0.6) is 0 Å². The van der Waals surface area contributed by atoms with Gasteiger partial charge in [-0.05, 0) is 49.7 Å². The summed E-state index contributed by atoms with van der Waals surface area (Å²) in [4.78, 5) is 74.6. The van der Waals surface area contributed by atoms with Gasteiger partial charge in [0.15, 0.2) is 0 Å². The molecule has 2 aromatic rings. The highest BCUT2D eigenvalue weighted by Crippen LogP contribution is 2.24. The van der Waals surface area contributed by atoms with Crippen molar-refractivity contribution >= 4 is 40.3 Å². The number of fused-ring (bicyclic) bond motifs is 2. The first kappa shape index (κ1) is 34.0. The number of nitrogens with one attached hydrogen (secondary N) is 3. The van der Waals surface area contributed by atoms with Crippen LogP contribution in [-0.2, 0) is 30.4 Å². The van der Waals surface area contributed by atoms with Gasteiger partial charge in [-0.1, -0.05) is 58.2 Å². The SMILES string of the molecule is CCC(=O)CCCCC[C@@H]1NC(=O)C(Cc2cn(OC)c3ccccc23)NC(=O)C(C(C)CC)NC(=O)[C@@H]2CCCCN2C1=O. The van der Waals surface area contributed by atoms with Crippen molar-refractivity contribution in [1.29, 1.82) is 0 Å². The highest BCUT2D eigenvalue weighted by molar-refractivity contribution is 5.98. The number of rotatable bonds is 12. The number of ketones is 1. The van der Waals surface area contributed by atoms with Crippen LogP contribution in [0.2, 0.25) is 0 Å². The number of unbranched alkanes of at least 4 members (excludes halogenated alkanes) is 2. The Labute approximate surface area is 265 Å². The van der Waals surface area contributed by atoms with E-state index in [0.717, 1.165) is 42.1 Å². The number of Topliss-reactive ketones (excluding diaryl/α,β-unsaturated/α-hetero) is 1. The molecule has 0 aliphatic carbocycles. The monoisotopic (exact) mass is 623 g/mol. The van der Waals surface area contributed by atoms with Crippen LogP contribution in [-0.4, -0.2) is 76.9 Å². The Balaban J connectivity index is 1.67. The summed E-state index contributed by atoms with van der Waals surface area (Å²) in [7, 11) is 1.56. The molecule has 2 fully saturated rings. The topological polar surface area (TPSA) is 139 Å². The van der Waals surface area contributed by atoms with Crippen LogP contribution in [0.25, 0.3) is 10.9 Å². The number of carbonyl (C=O) groups excluding carboxylic acids is 5. The summed E-state index contributed by atoms with van der Waals surface area (Å²) in [5.41, 5.74) is 1.62. The second-order valence-electron chi connectivity index (χ2n) is 12.4. The van der Waals surface area contributed by atoms with Crippen molar-refractivity contribution in [3.05, 3.63) is 36.0 Å². The number of piperidine rings is 1. The van der Waals surface area contributed by atoms with Crippen LogP contribution in [0, 0.1) is 5.92 Å². The third-order valence-corrected chi connectivity index (χ3v) is 9.35. The molecule has 2 saturated heterocycles. The number of carbonyl (C=O) groups is 5. The summed E-state index contributed by atoms with van der Waals surface area (Å²) < 4.78 is 1.62. The fourth-order valence-corrected chi connectivity index (χ4v) is 6.40. The maximum Gasteiger partial charge on any atom is 0.245 e.